The molecule has 2 N–H and O–H groups in total. The summed E-state index contributed by atoms with van der Waals surface area (Å²) in [4.78, 5) is 37.9. The lowest BCUT2D eigenvalue weighted by molar-refractivity contribution is -0.121. The SMILES string of the molecule is O=C(CCc1nc2sc3c(c2c(=O)[nH]1)CCC3)NCc1cccnc1. The van der Waals surface area contributed by atoms with E-state index in [-0.39, 0.29) is 11.5 Å². The van der Waals surface area contributed by atoms with Crippen LogP contribution >= 0.6 is 11.3 Å². The number of thiophene rings is 1. The molecular weight excluding hydrogens is 336 g/mol. The van der Waals surface area contributed by atoms with Gasteiger partial charge in [-0.25, -0.2) is 4.98 Å². The van der Waals surface area contributed by atoms with Crippen molar-refractivity contribution in [1.82, 2.24) is 20.3 Å². The molecule has 0 aromatic carbocycles. The van der Waals surface area contributed by atoms with E-state index in [4.69, 9.17) is 0 Å². The van der Waals surface area contributed by atoms with Gasteiger partial charge >= 0.3 is 0 Å². The van der Waals surface area contributed by atoms with Crippen molar-refractivity contribution in [3.8, 4) is 0 Å². The van der Waals surface area contributed by atoms with Crippen molar-refractivity contribution in [3.63, 3.8) is 0 Å². The van der Waals surface area contributed by atoms with E-state index in [1.165, 1.54) is 10.4 Å². The van der Waals surface area contributed by atoms with Crippen molar-refractivity contribution in [2.24, 2.45) is 0 Å². The Morgan fingerprint density at radius 2 is 2.28 bits per heavy atom. The number of nitrogens with one attached hydrogen (secondary N) is 2. The Kier molecular flexibility index (Phi) is 4.31. The molecule has 0 bridgehead atoms. The maximum absolute atomic E-state index is 12.4. The van der Waals surface area contributed by atoms with Crippen molar-refractivity contribution in [2.75, 3.05) is 0 Å². The largest absolute Gasteiger partial charge is 0.352 e. The Hall–Kier alpha value is -2.54. The van der Waals surface area contributed by atoms with Gasteiger partial charge in [-0.15, -0.1) is 11.3 Å². The third-order valence-corrected chi connectivity index (χ3v) is 5.61. The smallest absolute Gasteiger partial charge is 0.259 e. The van der Waals surface area contributed by atoms with Gasteiger partial charge in [-0.1, -0.05) is 6.07 Å². The van der Waals surface area contributed by atoms with Gasteiger partial charge in [0, 0.05) is 36.7 Å². The molecule has 1 aliphatic carbocycles. The van der Waals surface area contributed by atoms with Crippen LogP contribution in [0.25, 0.3) is 10.2 Å². The van der Waals surface area contributed by atoms with Gasteiger partial charge in [-0.05, 0) is 36.5 Å². The number of aryl methyl sites for hydroxylation is 3. The Labute approximate surface area is 148 Å². The molecule has 4 rings (SSSR count). The fourth-order valence-corrected chi connectivity index (χ4v) is 4.47. The number of fused-ring (bicyclic) bond motifs is 3. The first kappa shape index (κ1) is 16.0. The lowest BCUT2D eigenvalue weighted by Crippen LogP contribution is -2.23. The summed E-state index contributed by atoms with van der Waals surface area (Å²) in [6.07, 6.45) is 7.27. The number of H-pyrrole nitrogens is 1. The highest BCUT2D eigenvalue weighted by molar-refractivity contribution is 7.18. The van der Waals surface area contributed by atoms with Crippen molar-refractivity contribution >= 4 is 27.5 Å². The van der Waals surface area contributed by atoms with Gasteiger partial charge in [0.1, 0.15) is 10.7 Å². The van der Waals surface area contributed by atoms with E-state index in [2.05, 4.69) is 20.3 Å². The van der Waals surface area contributed by atoms with Crippen molar-refractivity contribution in [3.05, 3.63) is 56.7 Å². The number of carbonyl (C=O) groups excluding carboxylic acids is 1. The molecule has 3 heterocycles. The maximum atomic E-state index is 12.4. The lowest BCUT2D eigenvalue weighted by atomic mass is 10.2. The quantitative estimate of drug-likeness (QED) is 0.735. The zero-order valence-electron chi connectivity index (χ0n) is 13.7. The van der Waals surface area contributed by atoms with Gasteiger partial charge in [0.15, 0.2) is 0 Å². The van der Waals surface area contributed by atoms with E-state index in [0.717, 1.165) is 35.0 Å². The number of hydrogen-bond donors (Lipinski definition) is 2. The Bertz CT molecular complexity index is 978. The predicted octanol–water partition coefficient (Wildman–Crippen LogP) is 2.12. The molecule has 0 saturated heterocycles. The molecule has 1 aliphatic rings. The van der Waals surface area contributed by atoms with Crippen LogP contribution < -0.4 is 10.9 Å². The van der Waals surface area contributed by atoms with Crippen LogP contribution in [0.15, 0.2) is 29.3 Å². The minimum Gasteiger partial charge on any atom is -0.352 e. The minimum absolute atomic E-state index is 0.0692. The molecule has 25 heavy (non-hydrogen) atoms. The zero-order chi connectivity index (χ0) is 17.2. The van der Waals surface area contributed by atoms with E-state index in [9.17, 15) is 9.59 Å². The molecule has 6 nitrogen and oxygen atoms in total. The number of aromatic nitrogens is 3. The van der Waals surface area contributed by atoms with Gasteiger partial charge in [-0.3, -0.25) is 14.6 Å². The molecule has 0 spiro atoms. The average molecular weight is 354 g/mol. The van der Waals surface area contributed by atoms with Gasteiger partial charge in [0.2, 0.25) is 5.91 Å². The van der Waals surface area contributed by atoms with E-state index in [1.54, 1.807) is 23.7 Å². The third kappa shape index (κ3) is 3.32. The fraction of sp³-hybridized carbons (Fsp3) is 0.333. The molecule has 7 heteroatoms. The van der Waals surface area contributed by atoms with Crippen molar-refractivity contribution < 1.29 is 4.79 Å². The summed E-state index contributed by atoms with van der Waals surface area (Å²) in [6.45, 7) is 0.452. The molecule has 0 aliphatic heterocycles. The van der Waals surface area contributed by atoms with Crippen LogP contribution in [0.5, 0.6) is 0 Å². The van der Waals surface area contributed by atoms with Gasteiger partial charge < -0.3 is 10.3 Å². The highest BCUT2D eigenvalue weighted by Crippen LogP contribution is 2.34. The van der Waals surface area contributed by atoms with Crippen molar-refractivity contribution in [2.45, 2.75) is 38.6 Å². The van der Waals surface area contributed by atoms with E-state index in [0.29, 0.717) is 25.2 Å². The molecular formula is C18H18N4O2S. The standard InChI is InChI=1S/C18H18N4O2S/c23-15(20-10-11-3-2-8-19-9-11)7-6-14-21-17(24)16-12-4-1-5-13(12)25-18(16)22-14/h2-3,8-9H,1,4-7,10H2,(H,20,23)(H,21,22,24). The highest BCUT2D eigenvalue weighted by atomic mass is 32.1. The monoisotopic (exact) mass is 354 g/mol. The molecule has 3 aromatic heterocycles. The first-order chi connectivity index (χ1) is 12.2. The molecule has 0 radical (unpaired) electrons. The fourth-order valence-electron chi connectivity index (χ4n) is 3.19. The number of hydrogen-bond acceptors (Lipinski definition) is 5. The van der Waals surface area contributed by atoms with Crippen LogP contribution in [0.2, 0.25) is 0 Å². The number of carbonyl (C=O) groups is 1. The molecule has 0 fully saturated rings. The van der Waals surface area contributed by atoms with E-state index >= 15 is 0 Å². The maximum Gasteiger partial charge on any atom is 0.259 e. The molecule has 0 unspecified atom stereocenters. The van der Waals surface area contributed by atoms with Crippen LogP contribution in [0, 0.1) is 0 Å². The van der Waals surface area contributed by atoms with E-state index in [1.807, 2.05) is 12.1 Å². The summed E-state index contributed by atoms with van der Waals surface area (Å²) in [5.41, 5.74) is 2.06. The summed E-state index contributed by atoms with van der Waals surface area (Å²) in [6, 6.07) is 3.75. The number of nitrogens with zero attached hydrogens (tertiary/aromatic N) is 2. The first-order valence-electron chi connectivity index (χ1n) is 8.40. The normalized spacial score (nSPS) is 13.1. The summed E-state index contributed by atoms with van der Waals surface area (Å²) >= 11 is 1.62. The Morgan fingerprint density at radius 3 is 3.12 bits per heavy atom. The lowest BCUT2D eigenvalue weighted by Gasteiger charge is -2.05. The van der Waals surface area contributed by atoms with Gasteiger partial charge in [0.05, 0.1) is 5.39 Å². The minimum atomic E-state index is -0.0739. The Morgan fingerprint density at radius 1 is 1.36 bits per heavy atom. The Balaban J connectivity index is 1.41. The van der Waals surface area contributed by atoms with Gasteiger partial charge in [0.25, 0.3) is 5.56 Å². The molecule has 0 saturated carbocycles. The summed E-state index contributed by atoms with van der Waals surface area (Å²) in [7, 11) is 0. The molecule has 3 aromatic rings. The molecule has 1 amide bonds. The second-order valence-corrected chi connectivity index (χ2v) is 7.27. The number of amides is 1. The van der Waals surface area contributed by atoms with Crippen LogP contribution in [0.1, 0.15) is 34.7 Å². The van der Waals surface area contributed by atoms with E-state index < -0.39 is 0 Å². The summed E-state index contributed by atoms with van der Waals surface area (Å²) in [5.74, 6) is 0.509. The topological polar surface area (TPSA) is 87.7 Å². The second-order valence-electron chi connectivity index (χ2n) is 6.19. The molecule has 128 valence electrons. The summed E-state index contributed by atoms with van der Waals surface area (Å²) in [5, 5.41) is 3.61. The number of rotatable bonds is 5. The van der Waals surface area contributed by atoms with Crippen molar-refractivity contribution in [1.29, 1.82) is 0 Å². The van der Waals surface area contributed by atoms with Crippen LogP contribution in [-0.2, 0) is 30.6 Å². The summed E-state index contributed by atoms with van der Waals surface area (Å²) < 4.78 is 0. The molecule has 0 atom stereocenters. The van der Waals surface area contributed by atoms with Gasteiger partial charge in [-0.2, -0.15) is 0 Å². The first-order valence-corrected chi connectivity index (χ1v) is 9.21. The number of pyridine rings is 1. The second kappa shape index (κ2) is 6.76. The predicted molar refractivity (Wildman–Crippen MR) is 96.7 cm³/mol. The average Bonchev–Trinajstić information content (AvgIpc) is 3.19. The van der Waals surface area contributed by atoms with Crippen LogP contribution in [0.3, 0.4) is 0 Å². The highest BCUT2D eigenvalue weighted by Gasteiger charge is 2.21. The zero-order valence-corrected chi connectivity index (χ0v) is 14.5. The number of aromatic amines is 1. The van der Waals surface area contributed by atoms with Crippen LogP contribution in [0.4, 0.5) is 0 Å². The van der Waals surface area contributed by atoms with Crippen LogP contribution in [-0.4, -0.2) is 20.9 Å². The third-order valence-electron chi connectivity index (χ3n) is 4.43.